The zero-order valence-corrected chi connectivity index (χ0v) is 19.2. The monoisotopic (exact) mass is 467 g/mol. The van der Waals surface area contributed by atoms with Crippen LogP contribution in [0.2, 0.25) is 5.02 Å². The Kier molecular flexibility index (Phi) is 7.78. The Morgan fingerprint density at radius 2 is 1.97 bits per heavy atom. The highest BCUT2D eigenvalue weighted by Crippen LogP contribution is 2.37. The van der Waals surface area contributed by atoms with Gasteiger partial charge in [-0.2, -0.15) is 5.10 Å². The third kappa shape index (κ3) is 6.01. The SMILES string of the molecule is COc1cc(/C=N/NC(=O)CN2CCOCC2)cc(Cl)c1OCc1cccc2ccccc12. The number of hydrogen-bond acceptors (Lipinski definition) is 6. The number of ether oxygens (including phenoxy) is 3. The van der Waals surface area contributed by atoms with Gasteiger partial charge in [0.25, 0.3) is 5.91 Å². The average Bonchev–Trinajstić information content (AvgIpc) is 2.83. The van der Waals surface area contributed by atoms with Gasteiger partial charge in [-0.3, -0.25) is 9.69 Å². The molecule has 0 aromatic heterocycles. The number of benzene rings is 3. The molecule has 8 heteroatoms. The molecule has 7 nitrogen and oxygen atoms in total. The number of nitrogens with zero attached hydrogens (tertiary/aromatic N) is 2. The predicted octanol–water partition coefficient (Wildman–Crippen LogP) is 3.86. The lowest BCUT2D eigenvalue weighted by Crippen LogP contribution is -2.42. The van der Waals surface area contributed by atoms with Crippen LogP contribution < -0.4 is 14.9 Å². The van der Waals surface area contributed by atoms with Gasteiger partial charge in [0.15, 0.2) is 11.5 Å². The molecular formula is C25H26ClN3O4. The van der Waals surface area contributed by atoms with Gasteiger partial charge in [-0.1, -0.05) is 54.1 Å². The van der Waals surface area contributed by atoms with Crippen LogP contribution in [0.15, 0.2) is 59.7 Å². The number of methoxy groups -OCH3 is 1. The zero-order chi connectivity index (χ0) is 23.0. The van der Waals surface area contributed by atoms with Crippen molar-refractivity contribution in [3.8, 4) is 11.5 Å². The van der Waals surface area contributed by atoms with Gasteiger partial charge in [-0.15, -0.1) is 0 Å². The molecule has 3 aromatic rings. The minimum atomic E-state index is -0.179. The molecule has 0 bridgehead atoms. The van der Waals surface area contributed by atoms with E-state index >= 15 is 0 Å². The van der Waals surface area contributed by atoms with Gasteiger partial charge in [-0.25, -0.2) is 5.43 Å². The zero-order valence-electron chi connectivity index (χ0n) is 18.4. The molecule has 0 radical (unpaired) electrons. The number of fused-ring (bicyclic) bond motifs is 1. The van der Waals surface area contributed by atoms with Crippen molar-refractivity contribution in [2.45, 2.75) is 6.61 Å². The van der Waals surface area contributed by atoms with Crippen LogP contribution in [-0.2, 0) is 16.1 Å². The molecule has 1 N–H and O–H groups in total. The molecule has 172 valence electrons. The van der Waals surface area contributed by atoms with Crippen molar-refractivity contribution in [1.82, 2.24) is 10.3 Å². The minimum Gasteiger partial charge on any atom is -0.493 e. The molecule has 0 saturated carbocycles. The third-order valence-electron chi connectivity index (χ3n) is 5.38. The van der Waals surface area contributed by atoms with E-state index in [1.54, 1.807) is 19.2 Å². The topological polar surface area (TPSA) is 72.4 Å². The Morgan fingerprint density at radius 1 is 1.18 bits per heavy atom. The second kappa shape index (κ2) is 11.1. The van der Waals surface area contributed by atoms with E-state index in [1.165, 1.54) is 6.21 Å². The van der Waals surface area contributed by atoms with Crippen LogP contribution in [0.25, 0.3) is 10.8 Å². The molecule has 1 aliphatic heterocycles. The number of halogens is 1. The summed E-state index contributed by atoms with van der Waals surface area (Å²) in [7, 11) is 1.56. The summed E-state index contributed by atoms with van der Waals surface area (Å²) in [6.45, 7) is 3.40. The van der Waals surface area contributed by atoms with Gasteiger partial charge in [0.1, 0.15) is 6.61 Å². The first-order valence-electron chi connectivity index (χ1n) is 10.7. The number of morpholine rings is 1. The van der Waals surface area contributed by atoms with Crippen LogP contribution >= 0.6 is 11.6 Å². The van der Waals surface area contributed by atoms with Gasteiger partial charge in [0.2, 0.25) is 0 Å². The van der Waals surface area contributed by atoms with Crippen LogP contribution in [0.1, 0.15) is 11.1 Å². The summed E-state index contributed by atoms with van der Waals surface area (Å²) in [5, 5.41) is 6.73. The number of carbonyl (C=O) groups excluding carboxylic acids is 1. The van der Waals surface area contributed by atoms with Crippen molar-refractivity contribution in [3.05, 3.63) is 70.7 Å². The number of nitrogens with one attached hydrogen (secondary N) is 1. The Hall–Kier alpha value is -3.13. The molecule has 0 unspecified atom stereocenters. The van der Waals surface area contributed by atoms with E-state index in [1.807, 2.05) is 29.2 Å². The first-order chi connectivity index (χ1) is 16.1. The number of carbonyl (C=O) groups is 1. The van der Waals surface area contributed by atoms with Crippen molar-refractivity contribution >= 4 is 34.5 Å². The lowest BCUT2D eigenvalue weighted by Gasteiger charge is -2.25. The Bertz CT molecular complexity index is 1140. The fraction of sp³-hybridized carbons (Fsp3) is 0.280. The smallest absolute Gasteiger partial charge is 0.254 e. The molecule has 33 heavy (non-hydrogen) atoms. The molecule has 3 aromatic carbocycles. The van der Waals surface area contributed by atoms with Gasteiger partial charge in [0.05, 0.1) is 38.1 Å². The van der Waals surface area contributed by atoms with Crippen LogP contribution in [-0.4, -0.2) is 57.0 Å². The maximum Gasteiger partial charge on any atom is 0.254 e. The Balaban J connectivity index is 1.41. The second-order valence-electron chi connectivity index (χ2n) is 7.64. The van der Waals surface area contributed by atoms with Crippen LogP contribution in [0.5, 0.6) is 11.5 Å². The quantitative estimate of drug-likeness (QED) is 0.402. The molecule has 0 atom stereocenters. The van der Waals surface area contributed by atoms with Crippen LogP contribution in [0, 0.1) is 0 Å². The van der Waals surface area contributed by atoms with Crippen molar-refractivity contribution in [3.63, 3.8) is 0 Å². The normalized spacial score (nSPS) is 14.5. The van der Waals surface area contributed by atoms with Crippen molar-refractivity contribution in [2.24, 2.45) is 5.10 Å². The third-order valence-corrected chi connectivity index (χ3v) is 5.66. The Labute approximate surface area is 197 Å². The van der Waals surface area contributed by atoms with E-state index < -0.39 is 0 Å². The lowest BCUT2D eigenvalue weighted by molar-refractivity contribution is -0.123. The maximum atomic E-state index is 12.1. The van der Waals surface area contributed by atoms with Crippen LogP contribution in [0.4, 0.5) is 0 Å². The van der Waals surface area contributed by atoms with E-state index in [0.29, 0.717) is 41.9 Å². The lowest BCUT2D eigenvalue weighted by atomic mass is 10.1. The average molecular weight is 468 g/mol. The highest BCUT2D eigenvalue weighted by atomic mass is 35.5. The second-order valence-corrected chi connectivity index (χ2v) is 8.05. The van der Waals surface area contributed by atoms with Crippen molar-refractivity contribution in [2.75, 3.05) is 40.0 Å². The predicted molar refractivity (Wildman–Crippen MR) is 129 cm³/mol. The van der Waals surface area contributed by atoms with E-state index in [4.69, 9.17) is 25.8 Å². The van der Waals surface area contributed by atoms with Gasteiger partial charge >= 0.3 is 0 Å². The molecule has 1 fully saturated rings. The number of rotatable bonds is 8. The molecular weight excluding hydrogens is 442 g/mol. The molecule has 0 spiro atoms. The maximum absolute atomic E-state index is 12.1. The summed E-state index contributed by atoms with van der Waals surface area (Å²) in [5.41, 5.74) is 4.28. The molecule has 1 heterocycles. The standard InChI is InChI=1S/C25H26ClN3O4/c1-31-23-14-18(15-27-28-24(30)16-29-9-11-32-12-10-29)13-22(26)25(23)33-17-20-7-4-6-19-5-2-3-8-21(19)20/h2-8,13-15H,9-12,16-17H2,1H3,(H,28,30)/b27-15+. The van der Waals surface area contributed by atoms with Gasteiger partial charge < -0.3 is 14.2 Å². The van der Waals surface area contributed by atoms with Crippen LogP contribution in [0.3, 0.4) is 0 Å². The molecule has 1 saturated heterocycles. The summed E-state index contributed by atoms with van der Waals surface area (Å²) < 4.78 is 16.8. The first-order valence-corrected chi connectivity index (χ1v) is 11.1. The summed E-state index contributed by atoms with van der Waals surface area (Å²) in [5.74, 6) is 0.769. The molecule has 4 rings (SSSR count). The van der Waals surface area contributed by atoms with Crippen molar-refractivity contribution < 1.29 is 19.0 Å². The van der Waals surface area contributed by atoms with Gasteiger partial charge in [0, 0.05) is 13.1 Å². The fourth-order valence-corrected chi connectivity index (χ4v) is 3.97. The summed E-state index contributed by atoms with van der Waals surface area (Å²) in [6.07, 6.45) is 1.53. The molecule has 0 aliphatic carbocycles. The molecule has 1 aliphatic rings. The highest BCUT2D eigenvalue weighted by molar-refractivity contribution is 6.32. The fourth-order valence-electron chi connectivity index (χ4n) is 3.70. The first kappa shape index (κ1) is 23.0. The number of hydrogen-bond donors (Lipinski definition) is 1. The van der Waals surface area contributed by atoms with E-state index in [0.717, 1.165) is 29.4 Å². The van der Waals surface area contributed by atoms with E-state index in [2.05, 4.69) is 28.7 Å². The summed E-state index contributed by atoms with van der Waals surface area (Å²) >= 11 is 6.50. The number of amides is 1. The minimum absolute atomic E-state index is 0.179. The van der Waals surface area contributed by atoms with Gasteiger partial charge in [-0.05, 0) is 34.0 Å². The van der Waals surface area contributed by atoms with E-state index in [9.17, 15) is 4.79 Å². The highest BCUT2D eigenvalue weighted by Gasteiger charge is 2.14. The summed E-state index contributed by atoms with van der Waals surface area (Å²) in [4.78, 5) is 14.1. The van der Waals surface area contributed by atoms with E-state index in [-0.39, 0.29) is 12.5 Å². The Morgan fingerprint density at radius 3 is 2.79 bits per heavy atom. The summed E-state index contributed by atoms with van der Waals surface area (Å²) in [6, 6.07) is 17.8. The largest absolute Gasteiger partial charge is 0.493 e. The van der Waals surface area contributed by atoms with Crippen molar-refractivity contribution in [1.29, 1.82) is 0 Å². The number of hydrazone groups is 1. The molecule has 1 amide bonds.